The molecule has 1 aliphatic carbocycles. The Morgan fingerprint density at radius 3 is 2.76 bits per heavy atom. The Morgan fingerprint density at radius 2 is 2.10 bits per heavy atom. The zero-order valence-corrected chi connectivity index (χ0v) is 12.8. The van der Waals surface area contributed by atoms with Gasteiger partial charge in [0.1, 0.15) is 0 Å². The van der Waals surface area contributed by atoms with Gasteiger partial charge < -0.3 is 5.32 Å². The molecule has 0 saturated heterocycles. The molecule has 110 valence electrons. The maximum absolute atomic E-state index is 12.0. The van der Waals surface area contributed by atoms with Crippen molar-refractivity contribution in [2.24, 2.45) is 0 Å². The fourth-order valence-corrected chi connectivity index (χ4v) is 2.67. The summed E-state index contributed by atoms with van der Waals surface area (Å²) in [5.41, 5.74) is 1.92. The lowest BCUT2D eigenvalue weighted by molar-refractivity contribution is -0.115. The molecule has 4 nitrogen and oxygen atoms in total. The van der Waals surface area contributed by atoms with Crippen LogP contribution >= 0.6 is 23.2 Å². The molecule has 0 unspecified atom stereocenters. The van der Waals surface area contributed by atoms with E-state index in [1.165, 1.54) is 19.3 Å². The molecule has 0 bridgehead atoms. The molecule has 1 aromatic heterocycles. The molecule has 0 spiro atoms. The summed E-state index contributed by atoms with van der Waals surface area (Å²) < 4.78 is 0. The maximum Gasteiger partial charge on any atom is 0.229 e. The standard InChI is InChI=1S/C15H15Cl2N3O/c16-11-5-4-9(6-12(11)17)7-15(21)18-14-8-13(19-20-14)10-2-1-3-10/h4-6,8,10H,1-3,7H2,(H2,18,19,20,21). The number of rotatable bonds is 4. The molecule has 2 aromatic rings. The Hall–Kier alpha value is -1.52. The Labute approximate surface area is 132 Å². The third-order valence-corrected chi connectivity index (χ3v) is 4.50. The van der Waals surface area contributed by atoms with Crippen LogP contribution in [0.15, 0.2) is 24.3 Å². The Bertz CT molecular complexity index is 665. The number of nitrogens with zero attached hydrogens (tertiary/aromatic N) is 1. The Balaban J connectivity index is 1.60. The minimum atomic E-state index is -0.125. The van der Waals surface area contributed by atoms with E-state index in [1.54, 1.807) is 18.2 Å². The summed E-state index contributed by atoms with van der Waals surface area (Å²) in [5, 5.41) is 10.8. The SMILES string of the molecule is O=C(Cc1ccc(Cl)c(Cl)c1)Nc1cc(C2CCC2)[nH]n1. The minimum Gasteiger partial charge on any atom is -0.309 e. The smallest absolute Gasteiger partial charge is 0.229 e. The van der Waals surface area contributed by atoms with Gasteiger partial charge in [0, 0.05) is 17.7 Å². The van der Waals surface area contributed by atoms with E-state index < -0.39 is 0 Å². The number of halogens is 2. The molecule has 1 aliphatic rings. The van der Waals surface area contributed by atoms with Gasteiger partial charge in [0.25, 0.3) is 0 Å². The van der Waals surface area contributed by atoms with Crippen LogP contribution in [0, 0.1) is 0 Å². The Morgan fingerprint density at radius 1 is 1.29 bits per heavy atom. The average molecular weight is 324 g/mol. The van der Waals surface area contributed by atoms with Gasteiger partial charge in [0.05, 0.1) is 16.5 Å². The highest BCUT2D eigenvalue weighted by molar-refractivity contribution is 6.42. The quantitative estimate of drug-likeness (QED) is 0.887. The van der Waals surface area contributed by atoms with Crippen LogP contribution in [0.3, 0.4) is 0 Å². The molecule has 2 N–H and O–H groups in total. The summed E-state index contributed by atoms with van der Waals surface area (Å²) >= 11 is 11.8. The van der Waals surface area contributed by atoms with E-state index >= 15 is 0 Å². The highest BCUT2D eigenvalue weighted by Crippen LogP contribution is 2.35. The van der Waals surface area contributed by atoms with E-state index in [1.807, 2.05) is 6.07 Å². The predicted octanol–water partition coefficient (Wildman–Crippen LogP) is 4.17. The molecule has 0 atom stereocenters. The number of anilines is 1. The van der Waals surface area contributed by atoms with E-state index in [0.717, 1.165) is 11.3 Å². The lowest BCUT2D eigenvalue weighted by Crippen LogP contribution is -2.14. The zero-order chi connectivity index (χ0) is 14.8. The first-order valence-corrected chi connectivity index (χ1v) is 7.66. The van der Waals surface area contributed by atoms with Crippen molar-refractivity contribution in [3.63, 3.8) is 0 Å². The van der Waals surface area contributed by atoms with Crippen molar-refractivity contribution >= 4 is 34.9 Å². The number of hydrogen-bond acceptors (Lipinski definition) is 2. The van der Waals surface area contributed by atoms with Crippen molar-refractivity contribution in [1.82, 2.24) is 10.2 Å². The highest BCUT2D eigenvalue weighted by atomic mass is 35.5. The zero-order valence-electron chi connectivity index (χ0n) is 11.3. The highest BCUT2D eigenvalue weighted by Gasteiger charge is 2.21. The largest absolute Gasteiger partial charge is 0.309 e. The fourth-order valence-electron chi connectivity index (χ4n) is 2.35. The van der Waals surface area contributed by atoms with Crippen molar-refractivity contribution < 1.29 is 4.79 Å². The second kappa shape index (κ2) is 6.08. The second-order valence-corrected chi connectivity index (χ2v) is 6.12. The van der Waals surface area contributed by atoms with Crippen LogP contribution in [-0.4, -0.2) is 16.1 Å². The summed E-state index contributed by atoms with van der Waals surface area (Å²) in [5.74, 6) is 1.01. The van der Waals surface area contributed by atoms with Gasteiger partial charge in [-0.25, -0.2) is 0 Å². The fraction of sp³-hybridized carbons (Fsp3) is 0.333. The van der Waals surface area contributed by atoms with E-state index in [2.05, 4.69) is 15.5 Å². The maximum atomic E-state index is 12.0. The van der Waals surface area contributed by atoms with Crippen LogP contribution in [0.2, 0.25) is 10.0 Å². The first-order valence-electron chi connectivity index (χ1n) is 6.91. The number of aromatic nitrogens is 2. The molecule has 1 saturated carbocycles. The predicted molar refractivity (Wildman–Crippen MR) is 84.0 cm³/mol. The van der Waals surface area contributed by atoms with Crippen LogP contribution in [0.5, 0.6) is 0 Å². The molecule has 1 amide bonds. The molecule has 0 radical (unpaired) electrons. The second-order valence-electron chi connectivity index (χ2n) is 5.31. The molecule has 3 rings (SSSR count). The number of carbonyl (C=O) groups excluding carboxylic acids is 1. The average Bonchev–Trinajstić information content (AvgIpc) is 2.79. The number of hydrogen-bond donors (Lipinski definition) is 2. The van der Waals surface area contributed by atoms with Gasteiger partial charge in [-0.05, 0) is 30.5 Å². The van der Waals surface area contributed by atoms with Crippen molar-refractivity contribution in [2.75, 3.05) is 5.32 Å². The van der Waals surface area contributed by atoms with Gasteiger partial charge in [-0.15, -0.1) is 0 Å². The van der Waals surface area contributed by atoms with E-state index in [-0.39, 0.29) is 12.3 Å². The molecule has 1 aromatic carbocycles. The van der Waals surface area contributed by atoms with E-state index in [9.17, 15) is 4.79 Å². The molecule has 1 heterocycles. The lowest BCUT2D eigenvalue weighted by Gasteiger charge is -2.23. The topological polar surface area (TPSA) is 57.8 Å². The van der Waals surface area contributed by atoms with Gasteiger partial charge in [-0.3, -0.25) is 9.89 Å². The van der Waals surface area contributed by atoms with Crippen LogP contribution in [0.25, 0.3) is 0 Å². The van der Waals surface area contributed by atoms with Crippen molar-refractivity contribution in [3.05, 3.63) is 45.6 Å². The van der Waals surface area contributed by atoms with Crippen molar-refractivity contribution in [1.29, 1.82) is 0 Å². The van der Waals surface area contributed by atoms with Crippen LogP contribution in [-0.2, 0) is 11.2 Å². The van der Waals surface area contributed by atoms with E-state index in [0.29, 0.717) is 21.8 Å². The molecule has 0 aliphatic heterocycles. The first-order chi connectivity index (χ1) is 10.1. The van der Waals surface area contributed by atoms with Crippen LogP contribution in [0.4, 0.5) is 5.82 Å². The third kappa shape index (κ3) is 3.39. The number of carbonyl (C=O) groups is 1. The summed E-state index contributed by atoms with van der Waals surface area (Å²) in [4.78, 5) is 12.0. The summed E-state index contributed by atoms with van der Waals surface area (Å²) in [6.45, 7) is 0. The molecular weight excluding hydrogens is 309 g/mol. The van der Waals surface area contributed by atoms with Crippen molar-refractivity contribution in [3.8, 4) is 0 Å². The summed E-state index contributed by atoms with van der Waals surface area (Å²) in [6.07, 6.45) is 3.89. The summed E-state index contributed by atoms with van der Waals surface area (Å²) in [6, 6.07) is 7.10. The lowest BCUT2D eigenvalue weighted by atomic mass is 9.83. The molecule has 1 fully saturated rings. The van der Waals surface area contributed by atoms with Crippen LogP contribution in [0.1, 0.15) is 36.4 Å². The minimum absolute atomic E-state index is 0.125. The van der Waals surface area contributed by atoms with Gasteiger partial charge in [0.15, 0.2) is 5.82 Å². The number of amides is 1. The summed E-state index contributed by atoms with van der Waals surface area (Å²) in [7, 11) is 0. The number of aromatic amines is 1. The molecular formula is C15H15Cl2N3O. The Kier molecular flexibility index (Phi) is 4.17. The monoisotopic (exact) mass is 323 g/mol. The van der Waals surface area contributed by atoms with Gasteiger partial charge in [-0.2, -0.15) is 5.10 Å². The molecule has 21 heavy (non-hydrogen) atoms. The van der Waals surface area contributed by atoms with Crippen LogP contribution < -0.4 is 5.32 Å². The number of H-pyrrole nitrogens is 1. The van der Waals surface area contributed by atoms with Gasteiger partial charge >= 0.3 is 0 Å². The normalized spacial score (nSPS) is 14.8. The van der Waals surface area contributed by atoms with Gasteiger partial charge in [0.2, 0.25) is 5.91 Å². The first kappa shape index (κ1) is 14.4. The third-order valence-electron chi connectivity index (χ3n) is 3.76. The van der Waals surface area contributed by atoms with E-state index in [4.69, 9.17) is 23.2 Å². The molecule has 6 heteroatoms. The van der Waals surface area contributed by atoms with Crippen molar-refractivity contribution in [2.45, 2.75) is 31.6 Å². The number of benzene rings is 1. The van der Waals surface area contributed by atoms with Gasteiger partial charge in [-0.1, -0.05) is 35.7 Å². The number of nitrogens with one attached hydrogen (secondary N) is 2.